The van der Waals surface area contributed by atoms with E-state index >= 15 is 0 Å². The lowest BCUT2D eigenvalue weighted by Gasteiger charge is -2.27. The first-order chi connectivity index (χ1) is 7.31. The first kappa shape index (κ1) is 10.5. The average molecular weight is 206 g/mol. The molecule has 2 unspecified atom stereocenters. The molecule has 2 rings (SSSR count). The number of rotatable bonds is 3. The fourth-order valence-corrected chi connectivity index (χ4v) is 2.54. The number of carbonyl (C=O) groups excluding carboxylic acids is 1. The quantitative estimate of drug-likeness (QED) is 0.706. The summed E-state index contributed by atoms with van der Waals surface area (Å²) in [4.78, 5) is 12.1. The van der Waals surface area contributed by atoms with E-state index in [1.54, 1.807) is 18.6 Å². The van der Waals surface area contributed by atoms with Crippen LogP contribution in [0.3, 0.4) is 0 Å². The van der Waals surface area contributed by atoms with Crippen LogP contribution in [0.15, 0.2) is 23.0 Å². The predicted molar refractivity (Wildman–Crippen MR) is 58.8 cm³/mol. The van der Waals surface area contributed by atoms with Crippen molar-refractivity contribution in [1.82, 2.24) is 0 Å². The minimum Gasteiger partial charge on any atom is -0.472 e. The summed E-state index contributed by atoms with van der Waals surface area (Å²) >= 11 is 0. The number of Topliss-reactive ketones (excluding diaryl/α,β-unsaturated/α-hetero) is 1. The van der Waals surface area contributed by atoms with E-state index in [9.17, 15) is 4.79 Å². The third-order valence-electron chi connectivity index (χ3n) is 3.54. The molecule has 1 heterocycles. The standard InChI is InChI=1S/C13H18O2/c1-2-10-4-3-5-11(8-10)13(14)12-6-7-15-9-12/h6-7,9-11H,2-5,8H2,1H3. The Labute approximate surface area is 90.7 Å². The number of ketones is 1. The van der Waals surface area contributed by atoms with Crippen molar-refractivity contribution in [1.29, 1.82) is 0 Å². The van der Waals surface area contributed by atoms with E-state index in [1.807, 2.05) is 0 Å². The van der Waals surface area contributed by atoms with E-state index in [0.717, 1.165) is 24.3 Å². The van der Waals surface area contributed by atoms with Crippen LogP contribution in [0.25, 0.3) is 0 Å². The highest BCUT2D eigenvalue weighted by atomic mass is 16.3. The normalized spacial score (nSPS) is 26.5. The van der Waals surface area contributed by atoms with Gasteiger partial charge in [0.05, 0.1) is 11.8 Å². The molecule has 1 aromatic heterocycles. The summed E-state index contributed by atoms with van der Waals surface area (Å²) in [6.45, 7) is 2.22. The molecule has 1 aromatic rings. The minimum absolute atomic E-state index is 0.237. The molecule has 1 aliphatic rings. The van der Waals surface area contributed by atoms with Crippen molar-refractivity contribution >= 4 is 5.78 Å². The Hall–Kier alpha value is -1.05. The summed E-state index contributed by atoms with van der Waals surface area (Å²) in [7, 11) is 0. The third kappa shape index (κ3) is 2.31. The number of carbonyl (C=O) groups is 1. The summed E-state index contributed by atoms with van der Waals surface area (Å²) in [5.74, 6) is 1.27. The van der Waals surface area contributed by atoms with Crippen molar-refractivity contribution in [3.8, 4) is 0 Å². The Bertz CT molecular complexity index is 313. The second-order valence-electron chi connectivity index (χ2n) is 4.51. The predicted octanol–water partition coefficient (Wildman–Crippen LogP) is 3.68. The highest BCUT2D eigenvalue weighted by molar-refractivity contribution is 5.97. The highest BCUT2D eigenvalue weighted by Gasteiger charge is 2.27. The van der Waals surface area contributed by atoms with Gasteiger partial charge in [-0.2, -0.15) is 0 Å². The van der Waals surface area contributed by atoms with E-state index in [1.165, 1.54) is 19.3 Å². The molecule has 0 radical (unpaired) electrons. The molecule has 0 aromatic carbocycles. The van der Waals surface area contributed by atoms with Gasteiger partial charge in [0.15, 0.2) is 5.78 Å². The van der Waals surface area contributed by atoms with Crippen LogP contribution in [-0.4, -0.2) is 5.78 Å². The molecule has 0 bridgehead atoms. The van der Waals surface area contributed by atoms with E-state index in [0.29, 0.717) is 0 Å². The zero-order chi connectivity index (χ0) is 10.7. The number of furan rings is 1. The number of hydrogen-bond donors (Lipinski definition) is 0. The van der Waals surface area contributed by atoms with Crippen molar-refractivity contribution in [2.45, 2.75) is 39.0 Å². The fourth-order valence-electron chi connectivity index (χ4n) is 2.54. The van der Waals surface area contributed by atoms with Gasteiger partial charge in [-0.25, -0.2) is 0 Å². The Balaban J connectivity index is 2.01. The fraction of sp³-hybridized carbons (Fsp3) is 0.615. The van der Waals surface area contributed by atoms with Gasteiger partial charge in [0.2, 0.25) is 0 Å². The first-order valence-electron chi connectivity index (χ1n) is 5.87. The molecular formula is C13H18O2. The van der Waals surface area contributed by atoms with Crippen LogP contribution in [0.4, 0.5) is 0 Å². The first-order valence-corrected chi connectivity index (χ1v) is 5.87. The van der Waals surface area contributed by atoms with E-state index < -0.39 is 0 Å². The van der Waals surface area contributed by atoms with Gasteiger partial charge in [-0.3, -0.25) is 4.79 Å². The van der Waals surface area contributed by atoms with Crippen molar-refractivity contribution < 1.29 is 9.21 Å². The maximum atomic E-state index is 12.1. The van der Waals surface area contributed by atoms with Gasteiger partial charge in [-0.05, 0) is 24.8 Å². The van der Waals surface area contributed by atoms with Crippen molar-refractivity contribution in [3.63, 3.8) is 0 Å². The van der Waals surface area contributed by atoms with Crippen LogP contribution < -0.4 is 0 Å². The zero-order valence-corrected chi connectivity index (χ0v) is 9.24. The summed E-state index contributed by atoms with van der Waals surface area (Å²) in [5, 5.41) is 0. The lowest BCUT2D eigenvalue weighted by molar-refractivity contribution is 0.0861. The van der Waals surface area contributed by atoms with Crippen LogP contribution >= 0.6 is 0 Å². The Morgan fingerprint density at radius 3 is 3.07 bits per heavy atom. The van der Waals surface area contributed by atoms with Gasteiger partial charge < -0.3 is 4.42 Å². The van der Waals surface area contributed by atoms with Crippen LogP contribution in [0.2, 0.25) is 0 Å². The zero-order valence-electron chi connectivity index (χ0n) is 9.24. The molecule has 15 heavy (non-hydrogen) atoms. The largest absolute Gasteiger partial charge is 0.472 e. The molecule has 82 valence electrons. The Morgan fingerprint density at radius 2 is 2.40 bits per heavy atom. The van der Waals surface area contributed by atoms with Gasteiger partial charge in [-0.15, -0.1) is 0 Å². The van der Waals surface area contributed by atoms with Gasteiger partial charge in [0, 0.05) is 5.92 Å². The maximum absolute atomic E-state index is 12.1. The average Bonchev–Trinajstić information content (AvgIpc) is 2.81. The summed E-state index contributed by atoms with van der Waals surface area (Å²) in [5.41, 5.74) is 0.747. The SMILES string of the molecule is CCC1CCCC(C(=O)c2ccoc2)C1. The molecule has 2 atom stereocenters. The summed E-state index contributed by atoms with van der Waals surface area (Å²) in [6.07, 6.45) is 8.97. The molecule has 2 heteroatoms. The molecule has 0 saturated heterocycles. The molecule has 1 fully saturated rings. The third-order valence-corrected chi connectivity index (χ3v) is 3.54. The molecule has 1 aliphatic carbocycles. The molecule has 0 N–H and O–H groups in total. The topological polar surface area (TPSA) is 30.2 Å². The van der Waals surface area contributed by atoms with Crippen LogP contribution in [0, 0.1) is 11.8 Å². The minimum atomic E-state index is 0.237. The van der Waals surface area contributed by atoms with Crippen molar-refractivity contribution in [2.24, 2.45) is 11.8 Å². The monoisotopic (exact) mass is 206 g/mol. The summed E-state index contributed by atoms with van der Waals surface area (Å²) < 4.78 is 4.96. The van der Waals surface area contributed by atoms with E-state index in [-0.39, 0.29) is 11.7 Å². The highest BCUT2D eigenvalue weighted by Crippen LogP contribution is 2.32. The summed E-state index contributed by atoms with van der Waals surface area (Å²) in [6, 6.07) is 1.78. The molecule has 1 saturated carbocycles. The van der Waals surface area contributed by atoms with Crippen molar-refractivity contribution in [3.05, 3.63) is 24.2 Å². The molecule has 2 nitrogen and oxygen atoms in total. The van der Waals surface area contributed by atoms with Crippen LogP contribution in [0.1, 0.15) is 49.4 Å². The molecular weight excluding hydrogens is 188 g/mol. The van der Waals surface area contributed by atoms with Crippen LogP contribution in [-0.2, 0) is 0 Å². The lowest BCUT2D eigenvalue weighted by atomic mass is 9.77. The molecule has 0 amide bonds. The van der Waals surface area contributed by atoms with E-state index in [2.05, 4.69) is 6.92 Å². The smallest absolute Gasteiger partial charge is 0.169 e. The molecule has 0 spiro atoms. The van der Waals surface area contributed by atoms with Gasteiger partial charge in [0.25, 0.3) is 0 Å². The van der Waals surface area contributed by atoms with Crippen LogP contribution in [0.5, 0.6) is 0 Å². The van der Waals surface area contributed by atoms with Crippen molar-refractivity contribution in [2.75, 3.05) is 0 Å². The van der Waals surface area contributed by atoms with Gasteiger partial charge >= 0.3 is 0 Å². The van der Waals surface area contributed by atoms with Gasteiger partial charge in [0.1, 0.15) is 6.26 Å². The Kier molecular flexibility index (Phi) is 3.24. The second-order valence-corrected chi connectivity index (χ2v) is 4.51. The molecule has 0 aliphatic heterocycles. The Morgan fingerprint density at radius 1 is 1.53 bits per heavy atom. The lowest BCUT2D eigenvalue weighted by Crippen LogP contribution is -2.22. The van der Waals surface area contributed by atoms with Gasteiger partial charge in [-0.1, -0.05) is 26.2 Å². The number of hydrogen-bond acceptors (Lipinski definition) is 2. The maximum Gasteiger partial charge on any atom is 0.169 e. The van der Waals surface area contributed by atoms with E-state index in [4.69, 9.17) is 4.42 Å². The second kappa shape index (κ2) is 4.65.